The minimum atomic E-state index is -3.33. The first-order valence-electron chi connectivity index (χ1n) is 8.51. The fourth-order valence-corrected chi connectivity index (χ4v) is 4.29. The highest BCUT2D eigenvalue weighted by Gasteiger charge is 2.26. The van der Waals surface area contributed by atoms with Crippen molar-refractivity contribution in [2.75, 3.05) is 36.5 Å². The van der Waals surface area contributed by atoms with Gasteiger partial charge in [-0.2, -0.15) is 0 Å². The zero-order chi connectivity index (χ0) is 20.6. The van der Waals surface area contributed by atoms with Gasteiger partial charge in [-0.3, -0.25) is 13.9 Å². The number of sulfonamides is 1. The van der Waals surface area contributed by atoms with Gasteiger partial charge in [0.05, 0.1) is 22.5 Å². The van der Waals surface area contributed by atoms with Crippen LogP contribution in [0, 0.1) is 0 Å². The number of nitrogens with zero attached hydrogens (tertiary/aromatic N) is 2. The molecule has 1 N–H and O–H groups in total. The maximum atomic E-state index is 12.6. The molecule has 2 aromatic carbocycles. The van der Waals surface area contributed by atoms with Gasteiger partial charge in [0.1, 0.15) is 0 Å². The number of amides is 2. The van der Waals surface area contributed by atoms with E-state index in [1.54, 1.807) is 44.4 Å². The van der Waals surface area contributed by atoms with Gasteiger partial charge in [0, 0.05) is 31.9 Å². The smallest absolute Gasteiger partial charge is 0.255 e. The van der Waals surface area contributed by atoms with Gasteiger partial charge in [0.15, 0.2) is 0 Å². The van der Waals surface area contributed by atoms with Crippen LogP contribution in [0.1, 0.15) is 26.3 Å². The van der Waals surface area contributed by atoms with E-state index in [0.717, 1.165) is 11.8 Å². The summed E-state index contributed by atoms with van der Waals surface area (Å²) in [5.41, 5.74) is 2.64. The number of rotatable bonds is 4. The number of nitrogens with one attached hydrogen (secondary N) is 1. The second-order valence-electron chi connectivity index (χ2n) is 6.78. The van der Waals surface area contributed by atoms with Gasteiger partial charge in [-0.1, -0.05) is 11.6 Å². The van der Waals surface area contributed by atoms with Crippen molar-refractivity contribution in [3.05, 3.63) is 58.1 Å². The Hall–Kier alpha value is -2.58. The summed E-state index contributed by atoms with van der Waals surface area (Å²) in [6.45, 7) is 0.371. The molecule has 2 aromatic rings. The highest BCUT2D eigenvalue weighted by Crippen LogP contribution is 2.31. The molecule has 0 saturated heterocycles. The molecule has 0 fully saturated rings. The lowest BCUT2D eigenvalue weighted by Gasteiger charge is -2.16. The Labute approximate surface area is 168 Å². The molecule has 0 radical (unpaired) electrons. The largest absolute Gasteiger partial charge is 0.345 e. The second kappa shape index (κ2) is 7.44. The molecule has 1 heterocycles. The minimum absolute atomic E-state index is 0.225. The minimum Gasteiger partial charge on any atom is -0.345 e. The average Bonchev–Trinajstić information content (AvgIpc) is 3.04. The number of halogens is 1. The Bertz CT molecular complexity index is 1070. The summed E-state index contributed by atoms with van der Waals surface area (Å²) >= 11 is 6.17. The van der Waals surface area contributed by atoms with E-state index < -0.39 is 10.0 Å². The van der Waals surface area contributed by atoms with E-state index in [2.05, 4.69) is 5.32 Å². The molecular formula is C19H20ClN3O4S. The zero-order valence-electron chi connectivity index (χ0n) is 15.7. The molecule has 28 heavy (non-hydrogen) atoms. The first kappa shape index (κ1) is 20.2. The maximum absolute atomic E-state index is 12.6. The summed E-state index contributed by atoms with van der Waals surface area (Å²) in [6.07, 6.45) is 1.72. The van der Waals surface area contributed by atoms with Gasteiger partial charge in [0.2, 0.25) is 10.0 Å². The number of hydrogen-bond acceptors (Lipinski definition) is 4. The lowest BCUT2D eigenvalue weighted by Crippen LogP contribution is -2.27. The molecule has 0 aromatic heterocycles. The number of carbonyl (C=O) groups is 2. The molecule has 0 saturated carbocycles. The molecular weight excluding hydrogens is 402 g/mol. The van der Waals surface area contributed by atoms with Crippen LogP contribution in [0.15, 0.2) is 36.4 Å². The average molecular weight is 422 g/mol. The van der Waals surface area contributed by atoms with Crippen molar-refractivity contribution >= 4 is 44.8 Å². The highest BCUT2D eigenvalue weighted by molar-refractivity contribution is 7.92. The predicted octanol–water partition coefficient (Wildman–Crippen LogP) is 2.62. The SMILES string of the molecule is CN(C)C(=O)c1ccc(NC(=O)c2ccc3c(c2)CCN3S(C)(=O)=O)cc1Cl. The van der Waals surface area contributed by atoms with Gasteiger partial charge in [-0.25, -0.2) is 8.42 Å². The third kappa shape index (κ3) is 3.98. The van der Waals surface area contributed by atoms with Crippen molar-refractivity contribution in [2.45, 2.75) is 6.42 Å². The molecule has 3 rings (SSSR count). The summed E-state index contributed by atoms with van der Waals surface area (Å²) in [5, 5.41) is 2.99. The van der Waals surface area contributed by atoms with Gasteiger partial charge in [-0.15, -0.1) is 0 Å². The third-order valence-corrected chi connectivity index (χ3v) is 5.95. The maximum Gasteiger partial charge on any atom is 0.255 e. The van der Waals surface area contributed by atoms with Crippen LogP contribution in [-0.4, -0.2) is 52.0 Å². The van der Waals surface area contributed by atoms with Crippen molar-refractivity contribution in [3.63, 3.8) is 0 Å². The molecule has 1 aliphatic rings. The van der Waals surface area contributed by atoms with Crippen molar-refractivity contribution in [2.24, 2.45) is 0 Å². The van der Waals surface area contributed by atoms with Crippen LogP contribution in [0.2, 0.25) is 5.02 Å². The Morgan fingerprint density at radius 1 is 1.14 bits per heavy atom. The molecule has 2 amide bonds. The molecule has 0 unspecified atom stereocenters. The first-order chi connectivity index (χ1) is 13.1. The molecule has 0 aliphatic carbocycles. The monoisotopic (exact) mass is 421 g/mol. The lowest BCUT2D eigenvalue weighted by molar-refractivity contribution is 0.0827. The summed E-state index contributed by atoms with van der Waals surface area (Å²) in [5.74, 6) is -0.569. The van der Waals surface area contributed by atoms with E-state index >= 15 is 0 Å². The van der Waals surface area contributed by atoms with Gasteiger partial charge in [-0.05, 0) is 48.4 Å². The van der Waals surface area contributed by atoms with Crippen molar-refractivity contribution < 1.29 is 18.0 Å². The van der Waals surface area contributed by atoms with E-state index in [1.807, 2.05) is 0 Å². The Kier molecular flexibility index (Phi) is 5.36. The van der Waals surface area contributed by atoms with Gasteiger partial charge < -0.3 is 10.2 Å². The fourth-order valence-electron chi connectivity index (χ4n) is 3.07. The van der Waals surface area contributed by atoms with Crippen LogP contribution in [0.25, 0.3) is 0 Å². The van der Waals surface area contributed by atoms with Crippen LogP contribution in [-0.2, 0) is 16.4 Å². The van der Waals surface area contributed by atoms with Gasteiger partial charge in [0.25, 0.3) is 11.8 Å². The summed E-state index contributed by atoms with van der Waals surface area (Å²) in [4.78, 5) is 26.0. The quantitative estimate of drug-likeness (QED) is 0.822. The molecule has 9 heteroatoms. The number of hydrogen-bond donors (Lipinski definition) is 1. The predicted molar refractivity (Wildman–Crippen MR) is 110 cm³/mol. The Balaban J connectivity index is 1.79. The van der Waals surface area contributed by atoms with Crippen LogP contribution < -0.4 is 9.62 Å². The van der Waals surface area contributed by atoms with Crippen LogP contribution in [0.5, 0.6) is 0 Å². The van der Waals surface area contributed by atoms with Crippen LogP contribution in [0.3, 0.4) is 0 Å². The first-order valence-corrected chi connectivity index (χ1v) is 10.7. The molecule has 0 atom stereocenters. The number of benzene rings is 2. The van der Waals surface area contributed by atoms with E-state index in [4.69, 9.17) is 11.6 Å². The fraction of sp³-hybridized carbons (Fsp3) is 0.263. The molecule has 0 bridgehead atoms. The van der Waals surface area contributed by atoms with E-state index in [9.17, 15) is 18.0 Å². The van der Waals surface area contributed by atoms with E-state index in [1.165, 1.54) is 15.3 Å². The standard InChI is InChI=1S/C19H20ClN3O4S/c1-22(2)19(25)15-6-5-14(11-16(15)20)21-18(24)13-4-7-17-12(10-13)8-9-23(17)28(3,26)27/h4-7,10-11H,8-9H2,1-3H3,(H,21,24). The third-order valence-electron chi connectivity index (χ3n) is 4.46. The molecule has 7 nitrogen and oxygen atoms in total. The zero-order valence-corrected chi connectivity index (χ0v) is 17.3. The summed E-state index contributed by atoms with van der Waals surface area (Å²) in [6, 6.07) is 9.62. The van der Waals surface area contributed by atoms with Crippen LogP contribution in [0.4, 0.5) is 11.4 Å². The number of fused-ring (bicyclic) bond motifs is 1. The van der Waals surface area contributed by atoms with Crippen molar-refractivity contribution in [3.8, 4) is 0 Å². The lowest BCUT2D eigenvalue weighted by atomic mass is 10.1. The topological polar surface area (TPSA) is 86.8 Å². The number of anilines is 2. The number of carbonyl (C=O) groups excluding carboxylic acids is 2. The van der Waals surface area contributed by atoms with Crippen molar-refractivity contribution in [1.29, 1.82) is 0 Å². The summed E-state index contributed by atoms with van der Waals surface area (Å²) in [7, 11) is -0.0685. The molecule has 0 spiro atoms. The highest BCUT2D eigenvalue weighted by atomic mass is 35.5. The summed E-state index contributed by atoms with van der Waals surface area (Å²) < 4.78 is 25.0. The van der Waals surface area contributed by atoms with Gasteiger partial charge >= 0.3 is 0 Å². The van der Waals surface area contributed by atoms with Crippen molar-refractivity contribution in [1.82, 2.24) is 4.90 Å². The van der Waals surface area contributed by atoms with E-state index in [0.29, 0.717) is 35.5 Å². The Morgan fingerprint density at radius 3 is 2.46 bits per heavy atom. The molecule has 1 aliphatic heterocycles. The normalized spacial score (nSPS) is 13.2. The molecule has 148 valence electrons. The second-order valence-corrected chi connectivity index (χ2v) is 9.09. The van der Waals surface area contributed by atoms with E-state index in [-0.39, 0.29) is 16.8 Å². The van der Waals surface area contributed by atoms with Crippen LogP contribution >= 0.6 is 11.6 Å². The Morgan fingerprint density at radius 2 is 1.86 bits per heavy atom.